The summed E-state index contributed by atoms with van der Waals surface area (Å²) in [5.41, 5.74) is 1.27. The lowest BCUT2D eigenvalue weighted by Crippen LogP contribution is -2.38. The maximum absolute atomic E-state index is 12.7. The minimum atomic E-state index is -0.611. The minimum Gasteiger partial charge on any atom is -0.507 e. The maximum atomic E-state index is 12.7. The first-order valence-corrected chi connectivity index (χ1v) is 10.1. The Morgan fingerprint density at radius 1 is 1.00 bits per heavy atom. The highest BCUT2D eigenvalue weighted by atomic mass is 16.5. The number of hydrogen-bond acceptors (Lipinski definition) is 6. The third-order valence-corrected chi connectivity index (χ3v) is 5.46. The van der Waals surface area contributed by atoms with Crippen molar-refractivity contribution in [2.45, 2.75) is 12.8 Å². The number of piperidine rings is 1. The topological polar surface area (TPSA) is 85.3 Å². The molecule has 2 aromatic rings. The molecule has 164 valence electrons. The number of methoxy groups -OCH3 is 3. The van der Waals surface area contributed by atoms with Crippen molar-refractivity contribution in [3.05, 3.63) is 59.2 Å². The molecule has 7 nitrogen and oxygen atoms in total. The molecule has 0 atom stereocenters. The van der Waals surface area contributed by atoms with Gasteiger partial charge in [-0.2, -0.15) is 0 Å². The van der Waals surface area contributed by atoms with Crippen LogP contribution in [0.15, 0.2) is 42.5 Å². The number of phenols is 1. The highest BCUT2D eigenvalue weighted by Gasteiger charge is 2.23. The molecule has 1 aliphatic heterocycles. The molecule has 0 unspecified atom stereocenters. The highest BCUT2D eigenvalue weighted by molar-refractivity contribution is 5.97. The zero-order valence-electron chi connectivity index (χ0n) is 18.0. The maximum Gasteiger partial charge on any atom is 0.342 e. The van der Waals surface area contributed by atoms with E-state index in [0.717, 1.165) is 18.6 Å². The largest absolute Gasteiger partial charge is 0.507 e. The van der Waals surface area contributed by atoms with Crippen molar-refractivity contribution in [2.24, 2.45) is 5.92 Å². The number of carbonyl (C=O) groups is 2. The van der Waals surface area contributed by atoms with Gasteiger partial charge >= 0.3 is 5.97 Å². The number of allylic oxidation sites excluding steroid dienone is 1. The highest BCUT2D eigenvalue weighted by Crippen LogP contribution is 2.30. The van der Waals surface area contributed by atoms with Gasteiger partial charge in [-0.15, -0.1) is 0 Å². The molecule has 1 fully saturated rings. The lowest BCUT2D eigenvalue weighted by molar-refractivity contribution is 0.0596. The van der Waals surface area contributed by atoms with Gasteiger partial charge in [0.05, 0.1) is 21.3 Å². The van der Waals surface area contributed by atoms with E-state index in [0.29, 0.717) is 30.0 Å². The molecule has 0 saturated carbocycles. The Morgan fingerprint density at radius 2 is 1.65 bits per heavy atom. The molecule has 1 aliphatic rings. The van der Waals surface area contributed by atoms with Crippen molar-refractivity contribution in [1.82, 2.24) is 4.90 Å². The van der Waals surface area contributed by atoms with Crippen molar-refractivity contribution in [1.29, 1.82) is 0 Å². The molecule has 31 heavy (non-hydrogen) atoms. The summed E-state index contributed by atoms with van der Waals surface area (Å²) in [6, 6.07) is 10.2. The summed E-state index contributed by atoms with van der Waals surface area (Å²) >= 11 is 0. The monoisotopic (exact) mass is 425 g/mol. The van der Waals surface area contributed by atoms with Gasteiger partial charge in [-0.3, -0.25) is 4.79 Å². The fraction of sp³-hybridized carbons (Fsp3) is 0.333. The molecule has 0 aromatic heterocycles. The molecule has 0 radical (unpaired) electrons. The average molecular weight is 425 g/mol. The summed E-state index contributed by atoms with van der Waals surface area (Å²) in [6.45, 7) is 1.29. The number of benzene rings is 2. The van der Waals surface area contributed by atoms with Crippen LogP contribution in [0.1, 0.15) is 39.1 Å². The standard InChI is InChI=1S/C24H27NO6/c1-29-19-8-6-17(7-9-19)23(27)25-12-10-16(11-13-25)4-5-18-14-20(30-2)15-21(26)22(18)24(28)31-3/h4-9,14-16,26H,10-13H2,1-3H3/b5-4+. The number of esters is 1. The Bertz CT molecular complexity index is 959. The van der Waals surface area contributed by atoms with E-state index >= 15 is 0 Å². The van der Waals surface area contributed by atoms with Gasteiger partial charge in [0, 0.05) is 24.7 Å². The van der Waals surface area contributed by atoms with Crippen molar-refractivity contribution in [3.63, 3.8) is 0 Å². The zero-order valence-corrected chi connectivity index (χ0v) is 18.0. The molecule has 1 saturated heterocycles. The second-order valence-corrected chi connectivity index (χ2v) is 7.32. The van der Waals surface area contributed by atoms with E-state index < -0.39 is 5.97 Å². The van der Waals surface area contributed by atoms with E-state index in [2.05, 4.69) is 0 Å². The molecule has 1 heterocycles. The van der Waals surface area contributed by atoms with Crippen LogP contribution < -0.4 is 9.47 Å². The average Bonchev–Trinajstić information content (AvgIpc) is 2.81. The number of ether oxygens (including phenoxy) is 3. The van der Waals surface area contributed by atoms with E-state index in [1.54, 1.807) is 43.5 Å². The number of carbonyl (C=O) groups excluding carboxylic acids is 2. The van der Waals surface area contributed by atoms with Crippen LogP contribution in [0.3, 0.4) is 0 Å². The van der Waals surface area contributed by atoms with Gasteiger partial charge in [-0.1, -0.05) is 12.2 Å². The van der Waals surface area contributed by atoms with Gasteiger partial charge in [-0.25, -0.2) is 4.79 Å². The normalized spacial score (nSPS) is 14.5. The van der Waals surface area contributed by atoms with E-state index in [-0.39, 0.29) is 23.1 Å². The summed E-state index contributed by atoms with van der Waals surface area (Å²) < 4.78 is 15.1. The van der Waals surface area contributed by atoms with E-state index in [1.165, 1.54) is 20.3 Å². The van der Waals surface area contributed by atoms with Gasteiger partial charge in [0.2, 0.25) is 0 Å². The van der Waals surface area contributed by atoms with E-state index in [1.807, 2.05) is 11.0 Å². The molecule has 7 heteroatoms. The molecule has 0 aliphatic carbocycles. The zero-order chi connectivity index (χ0) is 22.4. The van der Waals surface area contributed by atoms with Gasteiger partial charge in [0.15, 0.2) is 0 Å². The van der Waals surface area contributed by atoms with Gasteiger partial charge in [0.25, 0.3) is 5.91 Å². The second kappa shape index (κ2) is 10.0. The fourth-order valence-corrected chi connectivity index (χ4v) is 3.65. The molecule has 0 bridgehead atoms. The Morgan fingerprint density at radius 3 is 2.23 bits per heavy atom. The van der Waals surface area contributed by atoms with Gasteiger partial charge in [-0.05, 0) is 54.7 Å². The SMILES string of the molecule is COC(=O)c1c(O)cc(OC)cc1/C=C/C1CCN(C(=O)c2ccc(OC)cc2)CC1. The van der Waals surface area contributed by atoms with E-state index in [9.17, 15) is 14.7 Å². The Balaban J connectivity index is 1.67. The molecule has 2 aromatic carbocycles. The van der Waals surface area contributed by atoms with Crippen molar-refractivity contribution in [3.8, 4) is 17.2 Å². The third kappa shape index (κ3) is 5.17. The van der Waals surface area contributed by atoms with Crippen molar-refractivity contribution < 1.29 is 28.9 Å². The van der Waals surface area contributed by atoms with Gasteiger partial charge < -0.3 is 24.2 Å². The van der Waals surface area contributed by atoms with Crippen LogP contribution in [-0.4, -0.2) is 56.3 Å². The smallest absolute Gasteiger partial charge is 0.342 e. The molecule has 3 rings (SSSR count). The first-order chi connectivity index (χ1) is 15.0. The number of amides is 1. The number of nitrogens with zero attached hydrogens (tertiary/aromatic N) is 1. The van der Waals surface area contributed by atoms with Crippen LogP contribution in [-0.2, 0) is 4.74 Å². The Hall–Kier alpha value is -3.48. The lowest BCUT2D eigenvalue weighted by Gasteiger charge is -2.31. The van der Waals surface area contributed by atoms with E-state index in [4.69, 9.17) is 14.2 Å². The van der Waals surface area contributed by atoms with Crippen LogP contribution >= 0.6 is 0 Å². The Kier molecular flexibility index (Phi) is 7.18. The number of rotatable bonds is 6. The fourth-order valence-electron chi connectivity index (χ4n) is 3.65. The summed E-state index contributed by atoms with van der Waals surface area (Å²) in [5.74, 6) is 0.625. The summed E-state index contributed by atoms with van der Waals surface area (Å²) in [5, 5.41) is 10.2. The predicted molar refractivity (Wildman–Crippen MR) is 117 cm³/mol. The number of phenolic OH excluding ortho intramolecular Hbond substituents is 1. The van der Waals surface area contributed by atoms with Crippen LogP contribution in [0.5, 0.6) is 17.2 Å². The third-order valence-electron chi connectivity index (χ3n) is 5.46. The van der Waals surface area contributed by atoms with Crippen LogP contribution in [0.2, 0.25) is 0 Å². The number of hydrogen-bond donors (Lipinski definition) is 1. The molecule has 1 N–H and O–H groups in total. The molecular formula is C24H27NO6. The summed E-state index contributed by atoms with van der Waals surface area (Å²) in [7, 11) is 4.36. The van der Waals surface area contributed by atoms with Gasteiger partial charge in [0.1, 0.15) is 22.8 Å². The summed E-state index contributed by atoms with van der Waals surface area (Å²) in [6.07, 6.45) is 5.43. The second-order valence-electron chi connectivity index (χ2n) is 7.32. The number of aromatic hydroxyl groups is 1. The van der Waals surface area contributed by atoms with Crippen LogP contribution in [0.4, 0.5) is 0 Å². The lowest BCUT2D eigenvalue weighted by atomic mass is 9.94. The van der Waals surface area contributed by atoms with Crippen LogP contribution in [0, 0.1) is 5.92 Å². The van der Waals surface area contributed by atoms with Crippen molar-refractivity contribution >= 4 is 18.0 Å². The minimum absolute atomic E-state index is 0.00998. The molecule has 1 amide bonds. The molecule has 0 spiro atoms. The van der Waals surface area contributed by atoms with Crippen molar-refractivity contribution in [2.75, 3.05) is 34.4 Å². The number of likely N-dealkylation sites (tertiary alicyclic amines) is 1. The Labute approximate surface area is 181 Å². The quantitative estimate of drug-likeness (QED) is 0.710. The predicted octanol–water partition coefficient (Wildman–Crippen LogP) is 3.76. The first kappa shape index (κ1) is 22.2. The first-order valence-electron chi connectivity index (χ1n) is 10.1. The van der Waals surface area contributed by atoms with Crippen LogP contribution in [0.25, 0.3) is 6.08 Å². The summed E-state index contributed by atoms with van der Waals surface area (Å²) in [4.78, 5) is 26.7. The molecular weight excluding hydrogens is 398 g/mol.